The predicted molar refractivity (Wildman–Crippen MR) is 81.1 cm³/mol. The van der Waals surface area contributed by atoms with Gasteiger partial charge in [0.05, 0.1) is 12.8 Å². The standard InChI is InChI=1S/C16H26N2O/c1-12(2)13-5-6-14(15(9-13)19-4)18(3)11-16(10-17)7-8-16/h5-6,9,12H,7-8,10-11,17H2,1-4H3. The fraction of sp³-hybridized carbons (Fsp3) is 0.625. The first-order chi connectivity index (χ1) is 9.01. The van der Waals surface area contributed by atoms with E-state index in [9.17, 15) is 0 Å². The van der Waals surface area contributed by atoms with Crippen LogP contribution < -0.4 is 15.4 Å². The van der Waals surface area contributed by atoms with Gasteiger partial charge in [-0.3, -0.25) is 0 Å². The van der Waals surface area contributed by atoms with E-state index in [4.69, 9.17) is 10.5 Å². The molecule has 1 aromatic carbocycles. The van der Waals surface area contributed by atoms with Crippen molar-refractivity contribution in [3.05, 3.63) is 23.8 Å². The van der Waals surface area contributed by atoms with Gasteiger partial charge in [0.2, 0.25) is 0 Å². The zero-order valence-electron chi connectivity index (χ0n) is 12.6. The third kappa shape index (κ3) is 3.03. The zero-order valence-corrected chi connectivity index (χ0v) is 12.6. The molecule has 2 N–H and O–H groups in total. The minimum atomic E-state index is 0.344. The molecule has 0 aromatic heterocycles. The Morgan fingerprint density at radius 1 is 1.37 bits per heavy atom. The molecular weight excluding hydrogens is 236 g/mol. The van der Waals surface area contributed by atoms with E-state index in [-0.39, 0.29) is 0 Å². The van der Waals surface area contributed by atoms with E-state index in [1.165, 1.54) is 18.4 Å². The first-order valence-corrected chi connectivity index (χ1v) is 7.10. The molecule has 1 fully saturated rings. The third-order valence-electron chi connectivity index (χ3n) is 4.24. The first-order valence-electron chi connectivity index (χ1n) is 7.10. The Hall–Kier alpha value is -1.22. The first kappa shape index (κ1) is 14.2. The Bertz CT molecular complexity index is 438. The molecule has 1 aliphatic rings. The van der Waals surface area contributed by atoms with Gasteiger partial charge in [0.15, 0.2) is 0 Å². The van der Waals surface area contributed by atoms with Gasteiger partial charge in [-0.05, 0) is 43.0 Å². The van der Waals surface area contributed by atoms with Gasteiger partial charge in [0.1, 0.15) is 5.75 Å². The Labute approximate surface area is 116 Å². The number of hydrogen-bond acceptors (Lipinski definition) is 3. The van der Waals surface area contributed by atoms with Gasteiger partial charge in [0, 0.05) is 19.0 Å². The van der Waals surface area contributed by atoms with Crippen LogP contribution in [0.15, 0.2) is 18.2 Å². The van der Waals surface area contributed by atoms with Gasteiger partial charge in [-0.2, -0.15) is 0 Å². The summed E-state index contributed by atoms with van der Waals surface area (Å²) in [5.41, 5.74) is 8.69. The van der Waals surface area contributed by atoms with Crippen LogP contribution in [-0.2, 0) is 0 Å². The summed E-state index contributed by atoms with van der Waals surface area (Å²) in [6, 6.07) is 6.51. The number of rotatable bonds is 6. The van der Waals surface area contributed by atoms with E-state index in [2.05, 4.69) is 44.0 Å². The number of ether oxygens (including phenoxy) is 1. The molecule has 3 nitrogen and oxygen atoms in total. The smallest absolute Gasteiger partial charge is 0.142 e. The summed E-state index contributed by atoms with van der Waals surface area (Å²) >= 11 is 0. The van der Waals surface area contributed by atoms with Crippen LogP contribution in [0.3, 0.4) is 0 Å². The van der Waals surface area contributed by atoms with Crippen molar-refractivity contribution in [2.24, 2.45) is 11.1 Å². The van der Waals surface area contributed by atoms with Crippen LogP contribution in [0.25, 0.3) is 0 Å². The minimum absolute atomic E-state index is 0.344. The van der Waals surface area contributed by atoms with Crippen molar-refractivity contribution in [1.29, 1.82) is 0 Å². The fourth-order valence-corrected chi connectivity index (χ4v) is 2.56. The highest BCUT2D eigenvalue weighted by Crippen LogP contribution is 2.46. The molecule has 1 saturated carbocycles. The Balaban J connectivity index is 2.19. The average Bonchev–Trinajstić information content (AvgIpc) is 3.18. The van der Waals surface area contributed by atoms with Crippen molar-refractivity contribution in [1.82, 2.24) is 0 Å². The Kier molecular flexibility index (Phi) is 4.04. The monoisotopic (exact) mass is 262 g/mol. The van der Waals surface area contributed by atoms with E-state index in [0.29, 0.717) is 11.3 Å². The lowest BCUT2D eigenvalue weighted by atomic mass is 10.0. The molecule has 0 aliphatic heterocycles. The number of anilines is 1. The molecular formula is C16H26N2O. The molecule has 0 unspecified atom stereocenters. The fourth-order valence-electron chi connectivity index (χ4n) is 2.56. The van der Waals surface area contributed by atoms with Gasteiger partial charge in [-0.1, -0.05) is 19.9 Å². The highest BCUT2D eigenvalue weighted by molar-refractivity contribution is 5.60. The summed E-state index contributed by atoms with van der Waals surface area (Å²) < 4.78 is 5.55. The second kappa shape index (κ2) is 5.41. The summed E-state index contributed by atoms with van der Waals surface area (Å²) in [7, 11) is 3.87. The SMILES string of the molecule is COc1cc(C(C)C)ccc1N(C)CC1(CN)CC1. The zero-order chi connectivity index (χ0) is 14.0. The molecule has 2 rings (SSSR count). The van der Waals surface area contributed by atoms with E-state index in [0.717, 1.165) is 24.5 Å². The van der Waals surface area contributed by atoms with Crippen LogP contribution in [0.2, 0.25) is 0 Å². The highest BCUT2D eigenvalue weighted by Gasteiger charge is 2.42. The molecule has 1 aliphatic carbocycles. The van der Waals surface area contributed by atoms with E-state index in [1.54, 1.807) is 7.11 Å². The van der Waals surface area contributed by atoms with Crippen LogP contribution in [-0.4, -0.2) is 27.2 Å². The Morgan fingerprint density at radius 2 is 2.05 bits per heavy atom. The van der Waals surface area contributed by atoms with Crippen molar-refractivity contribution < 1.29 is 4.74 Å². The molecule has 19 heavy (non-hydrogen) atoms. The van der Waals surface area contributed by atoms with Crippen LogP contribution in [0.4, 0.5) is 5.69 Å². The number of hydrogen-bond donors (Lipinski definition) is 1. The highest BCUT2D eigenvalue weighted by atomic mass is 16.5. The molecule has 0 amide bonds. The lowest BCUT2D eigenvalue weighted by Crippen LogP contribution is -2.31. The summed E-state index contributed by atoms with van der Waals surface area (Å²) in [4.78, 5) is 2.28. The van der Waals surface area contributed by atoms with Gasteiger partial charge >= 0.3 is 0 Å². The number of nitrogens with two attached hydrogens (primary N) is 1. The molecule has 0 atom stereocenters. The molecule has 0 radical (unpaired) electrons. The summed E-state index contributed by atoms with van der Waals surface area (Å²) in [5, 5.41) is 0. The summed E-state index contributed by atoms with van der Waals surface area (Å²) in [6.45, 7) is 6.20. The maximum Gasteiger partial charge on any atom is 0.142 e. The van der Waals surface area contributed by atoms with Crippen molar-refractivity contribution in [3.8, 4) is 5.75 Å². The second-order valence-electron chi connectivity index (χ2n) is 6.15. The van der Waals surface area contributed by atoms with Gasteiger partial charge < -0.3 is 15.4 Å². The third-order valence-corrected chi connectivity index (χ3v) is 4.24. The average molecular weight is 262 g/mol. The van der Waals surface area contributed by atoms with E-state index in [1.807, 2.05) is 0 Å². The van der Waals surface area contributed by atoms with Crippen molar-refractivity contribution >= 4 is 5.69 Å². The normalized spacial score (nSPS) is 16.5. The van der Waals surface area contributed by atoms with Crippen molar-refractivity contribution in [3.63, 3.8) is 0 Å². The van der Waals surface area contributed by atoms with Crippen molar-refractivity contribution in [2.45, 2.75) is 32.6 Å². The molecule has 0 heterocycles. The predicted octanol–water partition coefficient (Wildman–Crippen LogP) is 2.99. The summed E-state index contributed by atoms with van der Waals surface area (Å²) in [5.74, 6) is 1.48. The quantitative estimate of drug-likeness (QED) is 0.856. The molecule has 0 spiro atoms. The van der Waals surface area contributed by atoms with Gasteiger partial charge in [-0.25, -0.2) is 0 Å². The van der Waals surface area contributed by atoms with E-state index >= 15 is 0 Å². The number of methoxy groups -OCH3 is 1. The van der Waals surface area contributed by atoms with Gasteiger partial charge in [-0.15, -0.1) is 0 Å². The Morgan fingerprint density at radius 3 is 2.53 bits per heavy atom. The maximum atomic E-state index is 5.87. The van der Waals surface area contributed by atoms with Crippen LogP contribution in [0, 0.1) is 5.41 Å². The maximum absolute atomic E-state index is 5.87. The van der Waals surface area contributed by atoms with Crippen molar-refractivity contribution in [2.75, 3.05) is 32.1 Å². The number of nitrogens with zero attached hydrogens (tertiary/aromatic N) is 1. The minimum Gasteiger partial charge on any atom is -0.495 e. The van der Waals surface area contributed by atoms with Crippen LogP contribution >= 0.6 is 0 Å². The second-order valence-corrected chi connectivity index (χ2v) is 6.15. The molecule has 106 valence electrons. The van der Waals surface area contributed by atoms with Gasteiger partial charge in [0.25, 0.3) is 0 Å². The van der Waals surface area contributed by atoms with Crippen LogP contribution in [0.5, 0.6) is 5.75 Å². The lowest BCUT2D eigenvalue weighted by molar-refractivity contribution is 0.412. The van der Waals surface area contributed by atoms with Crippen LogP contribution in [0.1, 0.15) is 38.2 Å². The lowest BCUT2D eigenvalue weighted by Gasteiger charge is -2.26. The molecule has 0 bridgehead atoms. The number of benzene rings is 1. The molecule has 0 saturated heterocycles. The van der Waals surface area contributed by atoms with E-state index < -0.39 is 0 Å². The molecule has 1 aromatic rings. The molecule has 3 heteroatoms. The topological polar surface area (TPSA) is 38.5 Å². The largest absolute Gasteiger partial charge is 0.495 e. The summed E-state index contributed by atoms with van der Waals surface area (Å²) in [6.07, 6.45) is 2.50.